The third kappa shape index (κ3) is 4.75. The van der Waals surface area contributed by atoms with Crippen LogP contribution in [-0.2, 0) is 0 Å². The molecule has 2 aromatic carbocycles. The molecule has 9 heteroatoms. The molecule has 3 rings (SSSR count). The average molecular weight is 423 g/mol. The largest absolute Gasteiger partial charge is 0.497 e. The van der Waals surface area contributed by atoms with Crippen molar-refractivity contribution >= 4 is 17.3 Å². The molecule has 1 fully saturated rings. The summed E-state index contributed by atoms with van der Waals surface area (Å²) >= 11 is 0. The first-order valence-electron chi connectivity index (χ1n) is 9.88. The third-order valence-electron chi connectivity index (χ3n) is 5.42. The normalized spacial score (nSPS) is 15.1. The molecule has 0 aliphatic carbocycles. The number of nitrogens with zero attached hydrogens (tertiary/aromatic N) is 5. The number of carbonyl (C=O) groups excluding carboxylic acids is 1. The fourth-order valence-electron chi connectivity index (χ4n) is 3.71. The number of hydrogen-bond acceptors (Lipinski definition) is 7. The SMILES string of the molecule is COc1ccc(C(C#N)N2CCN(C(=O)c3cc([N+](=O)[O-])ccc3N(C)C)CC2)cc1. The number of nitro benzene ring substituents is 1. The molecule has 1 aliphatic rings. The second-order valence-corrected chi connectivity index (χ2v) is 7.49. The minimum absolute atomic E-state index is 0.114. The van der Waals surface area contributed by atoms with Crippen molar-refractivity contribution < 1.29 is 14.5 Å². The molecule has 1 saturated heterocycles. The van der Waals surface area contributed by atoms with Gasteiger partial charge in [-0.05, 0) is 23.8 Å². The predicted molar refractivity (Wildman–Crippen MR) is 116 cm³/mol. The Morgan fingerprint density at radius 3 is 2.32 bits per heavy atom. The second kappa shape index (κ2) is 9.45. The average Bonchev–Trinajstić information content (AvgIpc) is 2.79. The van der Waals surface area contributed by atoms with Crippen LogP contribution in [0.3, 0.4) is 0 Å². The molecule has 0 N–H and O–H groups in total. The van der Waals surface area contributed by atoms with Crippen molar-refractivity contribution in [2.75, 3.05) is 52.3 Å². The van der Waals surface area contributed by atoms with E-state index < -0.39 is 11.0 Å². The van der Waals surface area contributed by atoms with Gasteiger partial charge in [0.1, 0.15) is 11.8 Å². The molecule has 0 aromatic heterocycles. The lowest BCUT2D eigenvalue weighted by Crippen LogP contribution is -2.49. The minimum atomic E-state index is -0.499. The van der Waals surface area contributed by atoms with Crippen LogP contribution in [0.2, 0.25) is 0 Å². The predicted octanol–water partition coefficient (Wildman–Crippen LogP) is 2.69. The van der Waals surface area contributed by atoms with Crippen molar-refractivity contribution in [3.05, 3.63) is 63.7 Å². The summed E-state index contributed by atoms with van der Waals surface area (Å²) in [6.07, 6.45) is 0. The fourth-order valence-corrected chi connectivity index (χ4v) is 3.71. The van der Waals surface area contributed by atoms with Gasteiger partial charge in [-0.2, -0.15) is 5.26 Å². The monoisotopic (exact) mass is 423 g/mol. The standard InChI is InChI=1S/C22H25N5O4/c1-24(2)20-9-6-17(27(29)30)14-19(20)22(28)26-12-10-25(11-13-26)21(15-23)16-4-7-18(31-3)8-5-16/h4-9,14,21H,10-13H2,1-3H3. The van der Waals surface area contributed by atoms with Gasteiger partial charge < -0.3 is 14.5 Å². The number of benzene rings is 2. The molecule has 1 aliphatic heterocycles. The van der Waals surface area contributed by atoms with Crippen LogP contribution in [0.15, 0.2) is 42.5 Å². The van der Waals surface area contributed by atoms with Crippen molar-refractivity contribution in [1.29, 1.82) is 5.26 Å². The Hall–Kier alpha value is -3.64. The molecule has 0 spiro atoms. The first kappa shape index (κ1) is 22.1. The lowest BCUT2D eigenvalue weighted by atomic mass is 10.0. The van der Waals surface area contributed by atoms with E-state index in [0.717, 1.165) is 11.3 Å². The van der Waals surface area contributed by atoms with Crippen molar-refractivity contribution in [2.24, 2.45) is 0 Å². The zero-order chi connectivity index (χ0) is 22.5. The Morgan fingerprint density at radius 2 is 1.81 bits per heavy atom. The van der Waals surface area contributed by atoms with Crippen LogP contribution in [0.1, 0.15) is 22.0 Å². The van der Waals surface area contributed by atoms with Gasteiger partial charge in [0.25, 0.3) is 11.6 Å². The number of amides is 1. The van der Waals surface area contributed by atoms with Gasteiger partial charge in [0.2, 0.25) is 0 Å². The number of non-ortho nitro benzene ring substituents is 1. The molecule has 1 amide bonds. The number of anilines is 1. The van der Waals surface area contributed by atoms with E-state index >= 15 is 0 Å². The van der Waals surface area contributed by atoms with Gasteiger partial charge in [-0.25, -0.2) is 0 Å². The molecule has 1 unspecified atom stereocenters. The van der Waals surface area contributed by atoms with Crippen LogP contribution in [0.5, 0.6) is 5.75 Å². The second-order valence-electron chi connectivity index (χ2n) is 7.49. The number of piperazine rings is 1. The van der Waals surface area contributed by atoms with E-state index in [1.165, 1.54) is 12.1 Å². The number of hydrogen-bond donors (Lipinski definition) is 0. The number of carbonyl (C=O) groups is 1. The lowest BCUT2D eigenvalue weighted by molar-refractivity contribution is -0.384. The van der Waals surface area contributed by atoms with E-state index in [1.807, 2.05) is 29.2 Å². The van der Waals surface area contributed by atoms with E-state index in [0.29, 0.717) is 37.4 Å². The Morgan fingerprint density at radius 1 is 1.16 bits per heavy atom. The van der Waals surface area contributed by atoms with Gasteiger partial charge in [-0.15, -0.1) is 0 Å². The highest BCUT2D eigenvalue weighted by Gasteiger charge is 2.29. The maximum absolute atomic E-state index is 13.2. The number of methoxy groups -OCH3 is 1. The van der Waals surface area contributed by atoms with Gasteiger partial charge in [0, 0.05) is 58.1 Å². The Bertz CT molecular complexity index is 992. The van der Waals surface area contributed by atoms with E-state index in [-0.39, 0.29) is 11.6 Å². The number of nitro groups is 1. The Labute approximate surface area is 181 Å². The third-order valence-corrected chi connectivity index (χ3v) is 5.42. The van der Waals surface area contributed by atoms with Crippen molar-refractivity contribution in [1.82, 2.24) is 9.80 Å². The summed E-state index contributed by atoms with van der Waals surface area (Å²) in [4.78, 5) is 29.3. The summed E-state index contributed by atoms with van der Waals surface area (Å²) in [7, 11) is 5.18. The molecule has 31 heavy (non-hydrogen) atoms. The van der Waals surface area contributed by atoms with Crippen LogP contribution in [0.25, 0.3) is 0 Å². The number of rotatable bonds is 6. The van der Waals surface area contributed by atoms with Gasteiger partial charge in [-0.3, -0.25) is 19.8 Å². The molecule has 1 atom stereocenters. The maximum atomic E-state index is 13.2. The zero-order valence-corrected chi connectivity index (χ0v) is 17.8. The van der Waals surface area contributed by atoms with Crippen molar-refractivity contribution in [3.8, 4) is 11.8 Å². The van der Waals surface area contributed by atoms with Crippen molar-refractivity contribution in [3.63, 3.8) is 0 Å². The number of ether oxygens (including phenoxy) is 1. The lowest BCUT2D eigenvalue weighted by Gasteiger charge is -2.37. The zero-order valence-electron chi connectivity index (χ0n) is 17.8. The molecule has 162 valence electrons. The number of nitriles is 1. The molecule has 2 aromatic rings. The van der Waals surface area contributed by atoms with E-state index in [1.54, 1.807) is 37.1 Å². The summed E-state index contributed by atoms with van der Waals surface area (Å²) in [6.45, 7) is 1.93. The summed E-state index contributed by atoms with van der Waals surface area (Å²) in [5.74, 6) is 0.481. The minimum Gasteiger partial charge on any atom is -0.497 e. The van der Waals surface area contributed by atoms with Crippen LogP contribution >= 0.6 is 0 Å². The first-order chi connectivity index (χ1) is 14.8. The van der Waals surface area contributed by atoms with Crippen LogP contribution in [-0.4, -0.2) is 68.0 Å². The van der Waals surface area contributed by atoms with Gasteiger partial charge in [0.15, 0.2) is 0 Å². The fraction of sp³-hybridized carbons (Fsp3) is 0.364. The van der Waals surface area contributed by atoms with Crippen molar-refractivity contribution in [2.45, 2.75) is 6.04 Å². The van der Waals surface area contributed by atoms with Gasteiger partial charge in [-0.1, -0.05) is 12.1 Å². The van der Waals surface area contributed by atoms with E-state index in [9.17, 15) is 20.2 Å². The highest BCUT2D eigenvalue weighted by atomic mass is 16.6. The Kier molecular flexibility index (Phi) is 6.72. The highest BCUT2D eigenvalue weighted by Crippen LogP contribution is 2.28. The van der Waals surface area contributed by atoms with Gasteiger partial charge >= 0.3 is 0 Å². The highest BCUT2D eigenvalue weighted by molar-refractivity contribution is 6.00. The molecule has 0 bridgehead atoms. The molecule has 9 nitrogen and oxygen atoms in total. The smallest absolute Gasteiger partial charge is 0.270 e. The summed E-state index contributed by atoms with van der Waals surface area (Å²) in [6, 6.07) is 13.6. The molecular formula is C22H25N5O4. The Balaban J connectivity index is 1.74. The van der Waals surface area contributed by atoms with Crippen LogP contribution in [0.4, 0.5) is 11.4 Å². The quantitative estimate of drug-likeness (QED) is 0.520. The summed E-state index contributed by atoms with van der Waals surface area (Å²) in [5.41, 5.74) is 1.69. The first-order valence-corrected chi connectivity index (χ1v) is 9.88. The van der Waals surface area contributed by atoms with E-state index in [4.69, 9.17) is 4.74 Å². The van der Waals surface area contributed by atoms with E-state index in [2.05, 4.69) is 6.07 Å². The van der Waals surface area contributed by atoms with Crippen LogP contribution < -0.4 is 9.64 Å². The molecule has 1 heterocycles. The summed E-state index contributed by atoms with van der Waals surface area (Å²) < 4.78 is 5.17. The maximum Gasteiger partial charge on any atom is 0.270 e. The molecular weight excluding hydrogens is 398 g/mol. The molecule has 0 saturated carbocycles. The molecule has 0 radical (unpaired) electrons. The topological polar surface area (TPSA) is 103 Å². The summed E-state index contributed by atoms with van der Waals surface area (Å²) in [5, 5.41) is 20.9. The van der Waals surface area contributed by atoms with Gasteiger partial charge in [0.05, 0.1) is 23.7 Å². The van der Waals surface area contributed by atoms with Crippen LogP contribution in [0, 0.1) is 21.4 Å².